The molecule has 0 bridgehead atoms. The molecule has 0 aliphatic heterocycles. The number of hydrogen-bond acceptors (Lipinski definition) is 6. The highest BCUT2D eigenvalue weighted by Gasteiger charge is 2.26. The molecular weight excluding hydrogens is 450 g/mol. The van der Waals surface area contributed by atoms with Gasteiger partial charge in [-0.2, -0.15) is 0 Å². The van der Waals surface area contributed by atoms with Gasteiger partial charge in [0.2, 0.25) is 0 Å². The summed E-state index contributed by atoms with van der Waals surface area (Å²) in [7, 11) is 3.13. The summed E-state index contributed by atoms with van der Waals surface area (Å²) in [5.41, 5.74) is 3.44. The number of thiophene rings is 1. The second kappa shape index (κ2) is 10.3. The predicted octanol–water partition coefficient (Wildman–Crippen LogP) is 6.47. The zero-order chi connectivity index (χ0) is 25.0. The highest BCUT2D eigenvalue weighted by Crippen LogP contribution is 2.43. The fourth-order valence-corrected chi connectivity index (χ4v) is 4.73. The van der Waals surface area contributed by atoms with Crippen molar-refractivity contribution in [1.29, 1.82) is 0 Å². The van der Waals surface area contributed by atoms with E-state index in [9.17, 15) is 9.59 Å². The van der Waals surface area contributed by atoms with Crippen LogP contribution in [0.4, 0.5) is 5.00 Å². The largest absolute Gasteiger partial charge is 0.493 e. The van der Waals surface area contributed by atoms with E-state index in [0.717, 1.165) is 16.0 Å². The standard InChI is InChI=1S/C27H31NO5S/c1-8-33-26(30)23-22(18-11-14-20(31-6)21(15-18)32-7)16(2)34-25(23)28-24(29)17-9-12-19(13-10-17)27(3,4)5/h9-15H,8H2,1-7H3,(H,28,29). The third kappa shape index (κ3) is 5.25. The maximum absolute atomic E-state index is 13.1. The van der Waals surface area contributed by atoms with Crippen molar-refractivity contribution in [2.75, 3.05) is 26.1 Å². The number of ether oxygens (including phenoxy) is 3. The molecule has 0 radical (unpaired) electrons. The van der Waals surface area contributed by atoms with E-state index in [0.29, 0.717) is 33.2 Å². The maximum atomic E-state index is 13.1. The highest BCUT2D eigenvalue weighted by molar-refractivity contribution is 7.17. The van der Waals surface area contributed by atoms with Crippen LogP contribution in [0.5, 0.6) is 11.5 Å². The van der Waals surface area contributed by atoms with Gasteiger partial charge in [0, 0.05) is 16.0 Å². The molecule has 0 aliphatic carbocycles. The van der Waals surface area contributed by atoms with Crippen molar-refractivity contribution in [1.82, 2.24) is 0 Å². The summed E-state index contributed by atoms with van der Waals surface area (Å²) >= 11 is 1.34. The number of aryl methyl sites for hydroxylation is 1. The zero-order valence-electron chi connectivity index (χ0n) is 20.7. The molecule has 0 saturated heterocycles. The lowest BCUT2D eigenvalue weighted by Crippen LogP contribution is -2.16. The Balaban J connectivity index is 2.03. The number of carbonyl (C=O) groups excluding carboxylic acids is 2. The molecule has 0 atom stereocenters. The third-order valence-electron chi connectivity index (χ3n) is 5.48. The molecule has 3 rings (SSSR count). The van der Waals surface area contributed by atoms with Crippen molar-refractivity contribution >= 4 is 28.2 Å². The molecule has 0 aliphatic rings. The first-order chi connectivity index (χ1) is 16.1. The summed E-state index contributed by atoms with van der Waals surface area (Å²) in [5, 5.41) is 3.38. The second-order valence-electron chi connectivity index (χ2n) is 8.81. The predicted molar refractivity (Wildman–Crippen MR) is 137 cm³/mol. The lowest BCUT2D eigenvalue weighted by atomic mass is 9.87. The Bertz CT molecular complexity index is 1190. The van der Waals surface area contributed by atoms with Crippen LogP contribution in [-0.2, 0) is 10.2 Å². The molecule has 1 heterocycles. The molecule has 0 fully saturated rings. The quantitative estimate of drug-likeness (QED) is 0.392. The van der Waals surface area contributed by atoms with E-state index >= 15 is 0 Å². The van der Waals surface area contributed by atoms with Gasteiger partial charge in [-0.3, -0.25) is 4.79 Å². The monoisotopic (exact) mass is 481 g/mol. The van der Waals surface area contributed by atoms with E-state index < -0.39 is 5.97 Å². The van der Waals surface area contributed by atoms with Gasteiger partial charge in [0.05, 0.1) is 20.8 Å². The van der Waals surface area contributed by atoms with Crippen molar-refractivity contribution < 1.29 is 23.8 Å². The van der Waals surface area contributed by atoms with Crippen molar-refractivity contribution in [2.24, 2.45) is 0 Å². The van der Waals surface area contributed by atoms with Gasteiger partial charge in [0.1, 0.15) is 10.6 Å². The minimum Gasteiger partial charge on any atom is -0.493 e. The van der Waals surface area contributed by atoms with Crippen molar-refractivity contribution in [3.05, 3.63) is 64.0 Å². The van der Waals surface area contributed by atoms with Gasteiger partial charge in [-0.25, -0.2) is 4.79 Å². The first kappa shape index (κ1) is 25.3. The van der Waals surface area contributed by atoms with Gasteiger partial charge in [0.15, 0.2) is 11.5 Å². The van der Waals surface area contributed by atoms with Crippen LogP contribution in [0.15, 0.2) is 42.5 Å². The van der Waals surface area contributed by atoms with Crippen LogP contribution in [0.25, 0.3) is 11.1 Å². The lowest BCUT2D eigenvalue weighted by molar-refractivity contribution is 0.0529. The molecule has 7 heteroatoms. The summed E-state index contributed by atoms with van der Waals surface area (Å²) < 4.78 is 16.1. The number of nitrogens with one attached hydrogen (secondary N) is 1. The zero-order valence-corrected chi connectivity index (χ0v) is 21.5. The summed E-state index contributed by atoms with van der Waals surface area (Å²) in [6, 6.07) is 13.0. The molecule has 1 aromatic heterocycles. The van der Waals surface area contributed by atoms with Gasteiger partial charge in [-0.1, -0.05) is 39.0 Å². The van der Waals surface area contributed by atoms with Crippen LogP contribution in [0, 0.1) is 6.92 Å². The number of amides is 1. The first-order valence-corrected chi connectivity index (χ1v) is 11.9. The fraction of sp³-hybridized carbons (Fsp3) is 0.333. The molecule has 180 valence electrons. The lowest BCUT2D eigenvalue weighted by Gasteiger charge is -2.19. The van der Waals surface area contributed by atoms with Crippen LogP contribution >= 0.6 is 11.3 Å². The average molecular weight is 482 g/mol. The van der Waals surface area contributed by atoms with E-state index in [4.69, 9.17) is 14.2 Å². The fourth-order valence-electron chi connectivity index (χ4n) is 3.67. The Morgan fingerprint density at radius 2 is 1.62 bits per heavy atom. The van der Waals surface area contributed by atoms with Crippen LogP contribution in [0.1, 0.15) is 58.9 Å². The van der Waals surface area contributed by atoms with Crippen LogP contribution < -0.4 is 14.8 Å². The number of anilines is 1. The molecule has 1 N–H and O–H groups in total. The van der Waals surface area contributed by atoms with Gasteiger partial charge in [0.25, 0.3) is 5.91 Å². The molecule has 1 amide bonds. The number of esters is 1. The normalized spacial score (nSPS) is 11.1. The summed E-state index contributed by atoms with van der Waals surface area (Å²) in [6.07, 6.45) is 0. The van der Waals surface area contributed by atoms with Crippen LogP contribution in [0.3, 0.4) is 0 Å². The second-order valence-corrected chi connectivity index (χ2v) is 10.0. The smallest absolute Gasteiger partial charge is 0.341 e. The number of methoxy groups -OCH3 is 2. The Morgan fingerprint density at radius 1 is 0.971 bits per heavy atom. The van der Waals surface area contributed by atoms with Crippen LogP contribution in [-0.4, -0.2) is 32.7 Å². The van der Waals surface area contributed by atoms with Crippen LogP contribution in [0.2, 0.25) is 0 Å². The number of benzene rings is 2. The van der Waals surface area contributed by atoms with E-state index in [-0.39, 0.29) is 17.9 Å². The minimum absolute atomic E-state index is 0.00866. The Kier molecular flexibility index (Phi) is 7.67. The van der Waals surface area contributed by atoms with Gasteiger partial charge in [-0.15, -0.1) is 11.3 Å². The minimum atomic E-state index is -0.491. The Morgan fingerprint density at radius 3 is 2.18 bits per heavy atom. The summed E-state index contributed by atoms with van der Waals surface area (Å²) in [5.74, 6) is 0.357. The highest BCUT2D eigenvalue weighted by atomic mass is 32.1. The molecule has 0 unspecified atom stereocenters. The van der Waals surface area contributed by atoms with E-state index in [2.05, 4.69) is 26.1 Å². The average Bonchev–Trinajstić information content (AvgIpc) is 3.13. The van der Waals surface area contributed by atoms with Gasteiger partial charge >= 0.3 is 5.97 Å². The third-order valence-corrected chi connectivity index (χ3v) is 6.50. The Labute approximate surface area is 204 Å². The number of rotatable bonds is 7. The van der Waals surface area contributed by atoms with E-state index in [1.165, 1.54) is 11.3 Å². The van der Waals surface area contributed by atoms with Crippen molar-refractivity contribution in [3.8, 4) is 22.6 Å². The maximum Gasteiger partial charge on any atom is 0.341 e. The molecule has 3 aromatic rings. The van der Waals surface area contributed by atoms with Crippen molar-refractivity contribution in [2.45, 2.75) is 40.0 Å². The SMILES string of the molecule is CCOC(=O)c1c(NC(=O)c2ccc(C(C)(C)C)cc2)sc(C)c1-c1ccc(OC)c(OC)c1. The summed E-state index contributed by atoms with van der Waals surface area (Å²) in [4.78, 5) is 26.9. The molecular formula is C27H31NO5S. The van der Waals surface area contributed by atoms with E-state index in [1.807, 2.05) is 31.2 Å². The van der Waals surface area contributed by atoms with Crippen molar-refractivity contribution in [3.63, 3.8) is 0 Å². The molecule has 6 nitrogen and oxygen atoms in total. The first-order valence-electron chi connectivity index (χ1n) is 11.1. The number of carbonyl (C=O) groups is 2. The molecule has 2 aromatic carbocycles. The summed E-state index contributed by atoms with van der Waals surface area (Å²) in [6.45, 7) is 10.3. The van der Waals surface area contributed by atoms with Gasteiger partial charge < -0.3 is 19.5 Å². The topological polar surface area (TPSA) is 73.9 Å². The molecule has 0 saturated carbocycles. The molecule has 0 spiro atoms. The van der Waals surface area contributed by atoms with Gasteiger partial charge in [-0.05, 0) is 54.7 Å². The number of hydrogen-bond donors (Lipinski definition) is 1. The van der Waals surface area contributed by atoms with E-state index in [1.54, 1.807) is 39.3 Å². The Hall–Kier alpha value is -3.32. The molecule has 34 heavy (non-hydrogen) atoms.